The molecule has 0 saturated carbocycles. The lowest BCUT2D eigenvalue weighted by molar-refractivity contribution is -0.130. The number of aromatic nitrogens is 2. The van der Waals surface area contributed by atoms with Crippen molar-refractivity contribution in [1.82, 2.24) is 19.8 Å². The SMILES string of the molecule is Cc1nc(C)c(C#N)c(SCC(=O)N2CCN(C(c3ccccc3)c3ccccc3)CC2)n1. The number of hydrogen-bond donors (Lipinski definition) is 0. The van der Waals surface area contributed by atoms with E-state index < -0.39 is 0 Å². The molecule has 0 atom stereocenters. The average Bonchev–Trinajstić information content (AvgIpc) is 2.84. The Bertz CT molecular complexity index is 1100. The summed E-state index contributed by atoms with van der Waals surface area (Å²) in [6.07, 6.45) is 0. The molecule has 2 aromatic carbocycles. The molecule has 0 spiro atoms. The second kappa shape index (κ2) is 10.6. The maximum atomic E-state index is 12.9. The van der Waals surface area contributed by atoms with Gasteiger partial charge in [0.25, 0.3) is 0 Å². The number of thioether (sulfide) groups is 1. The number of aryl methyl sites for hydroxylation is 2. The van der Waals surface area contributed by atoms with Crippen LogP contribution in [-0.2, 0) is 4.79 Å². The van der Waals surface area contributed by atoms with Crippen molar-refractivity contribution in [3.63, 3.8) is 0 Å². The summed E-state index contributed by atoms with van der Waals surface area (Å²) in [5, 5.41) is 10.0. The Kier molecular flexibility index (Phi) is 7.38. The van der Waals surface area contributed by atoms with Gasteiger partial charge in [-0.15, -0.1) is 0 Å². The molecule has 0 aliphatic carbocycles. The van der Waals surface area contributed by atoms with E-state index in [0.29, 0.717) is 35.2 Å². The molecule has 2 heterocycles. The van der Waals surface area contributed by atoms with Gasteiger partial charge in [-0.05, 0) is 25.0 Å². The summed E-state index contributed by atoms with van der Waals surface area (Å²) in [6, 6.07) is 23.4. The Labute approximate surface area is 199 Å². The first-order chi connectivity index (χ1) is 16.1. The highest BCUT2D eigenvalue weighted by atomic mass is 32.2. The molecule has 4 rings (SSSR count). The largest absolute Gasteiger partial charge is 0.339 e. The van der Waals surface area contributed by atoms with Crippen molar-refractivity contribution in [3.05, 3.63) is 88.9 Å². The Morgan fingerprint density at radius 2 is 1.55 bits per heavy atom. The monoisotopic (exact) mass is 457 g/mol. The van der Waals surface area contributed by atoms with Crippen LogP contribution in [0, 0.1) is 25.2 Å². The van der Waals surface area contributed by atoms with Gasteiger partial charge in [-0.2, -0.15) is 5.26 Å². The molecule has 0 radical (unpaired) electrons. The second-order valence-corrected chi connectivity index (χ2v) is 9.04. The van der Waals surface area contributed by atoms with Crippen molar-refractivity contribution in [2.45, 2.75) is 24.9 Å². The molecular weight excluding hydrogens is 430 g/mol. The molecule has 0 unspecified atom stereocenters. The molecule has 6 nitrogen and oxygen atoms in total. The van der Waals surface area contributed by atoms with E-state index in [1.165, 1.54) is 22.9 Å². The van der Waals surface area contributed by atoms with Gasteiger partial charge in [-0.1, -0.05) is 72.4 Å². The fraction of sp³-hybridized carbons (Fsp3) is 0.308. The lowest BCUT2D eigenvalue weighted by Gasteiger charge is -2.39. The number of carbonyl (C=O) groups excluding carboxylic acids is 1. The third kappa shape index (κ3) is 5.41. The van der Waals surface area contributed by atoms with Gasteiger partial charge >= 0.3 is 0 Å². The maximum Gasteiger partial charge on any atom is 0.233 e. The van der Waals surface area contributed by atoms with Crippen molar-refractivity contribution < 1.29 is 4.79 Å². The number of benzene rings is 2. The average molecular weight is 458 g/mol. The van der Waals surface area contributed by atoms with E-state index in [1.807, 2.05) is 17.0 Å². The van der Waals surface area contributed by atoms with Crippen LogP contribution in [0.3, 0.4) is 0 Å². The van der Waals surface area contributed by atoms with Gasteiger partial charge in [0.1, 0.15) is 22.5 Å². The van der Waals surface area contributed by atoms with E-state index in [9.17, 15) is 10.1 Å². The third-order valence-corrected chi connectivity index (χ3v) is 6.84. The molecule has 3 aromatic rings. The Morgan fingerprint density at radius 1 is 0.970 bits per heavy atom. The summed E-state index contributed by atoms with van der Waals surface area (Å²) in [5.74, 6) is 0.960. The highest BCUT2D eigenvalue weighted by Crippen LogP contribution is 2.30. The lowest BCUT2D eigenvalue weighted by Crippen LogP contribution is -2.50. The van der Waals surface area contributed by atoms with Crippen LogP contribution in [0.2, 0.25) is 0 Å². The first-order valence-corrected chi connectivity index (χ1v) is 12.0. The van der Waals surface area contributed by atoms with Crippen LogP contribution in [0.1, 0.15) is 34.3 Å². The minimum atomic E-state index is 0.0773. The lowest BCUT2D eigenvalue weighted by atomic mass is 9.96. The second-order valence-electron chi connectivity index (χ2n) is 8.08. The minimum absolute atomic E-state index is 0.0773. The zero-order valence-corrected chi connectivity index (χ0v) is 19.8. The third-order valence-electron chi connectivity index (χ3n) is 5.88. The molecular formula is C26H27N5OS. The summed E-state index contributed by atoms with van der Waals surface area (Å²) in [5.41, 5.74) is 3.63. The molecule has 33 heavy (non-hydrogen) atoms. The van der Waals surface area contributed by atoms with Crippen molar-refractivity contribution in [1.29, 1.82) is 5.26 Å². The number of hydrogen-bond acceptors (Lipinski definition) is 6. The predicted octanol–water partition coefficient (Wildman–Crippen LogP) is 3.99. The van der Waals surface area contributed by atoms with Gasteiger partial charge in [0, 0.05) is 26.2 Å². The van der Waals surface area contributed by atoms with Crippen molar-refractivity contribution in [3.8, 4) is 6.07 Å². The number of amides is 1. The molecule has 1 aliphatic heterocycles. The highest BCUT2D eigenvalue weighted by molar-refractivity contribution is 8.00. The number of nitriles is 1. The van der Waals surface area contributed by atoms with Crippen molar-refractivity contribution in [2.75, 3.05) is 31.9 Å². The molecule has 1 aliphatic rings. The van der Waals surface area contributed by atoms with Gasteiger partial charge in [-0.3, -0.25) is 9.69 Å². The Hall–Kier alpha value is -3.21. The summed E-state index contributed by atoms with van der Waals surface area (Å²) in [6.45, 7) is 6.58. The zero-order valence-electron chi connectivity index (χ0n) is 18.9. The molecule has 1 saturated heterocycles. The molecule has 1 aromatic heterocycles. The smallest absolute Gasteiger partial charge is 0.233 e. The van der Waals surface area contributed by atoms with Gasteiger partial charge in [0.05, 0.1) is 17.5 Å². The number of nitrogens with zero attached hydrogens (tertiary/aromatic N) is 5. The van der Waals surface area contributed by atoms with Crippen LogP contribution < -0.4 is 0 Å². The van der Waals surface area contributed by atoms with Crippen molar-refractivity contribution in [2.24, 2.45) is 0 Å². The highest BCUT2D eigenvalue weighted by Gasteiger charge is 2.28. The van der Waals surface area contributed by atoms with E-state index in [2.05, 4.69) is 69.5 Å². The predicted molar refractivity (Wildman–Crippen MR) is 130 cm³/mol. The fourth-order valence-corrected chi connectivity index (χ4v) is 5.23. The van der Waals surface area contributed by atoms with E-state index in [0.717, 1.165) is 13.1 Å². The fourth-order valence-electron chi connectivity index (χ4n) is 4.25. The molecule has 0 N–H and O–H groups in total. The molecule has 0 bridgehead atoms. The summed E-state index contributed by atoms with van der Waals surface area (Å²) >= 11 is 1.32. The standard InChI is InChI=1S/C26H27N5OS/c1-19-23(17-27)26(29-20(2)28-19)33-18-24(32)30-13-15-31(16-14-30)25(21-9-5-3-6-10-21)22-11-7-4-8-12-22/h3-12,25H,13-16,18H2,1-2H3. The van der Waals surface area contributed by atoms with E-state index in [-0.39, 0.29) is 17.7 Å². The maximum absolute atomic E-state index is 12.9. The Balaban J connectivity index is 1.41. The summed E-state index contributed by atoms with van der Waals surface area (Å²) < 4.78 is 0. The van der Waals surface area contributed by atoms with Gasteiger partial charge in [0.15, 0.2) is 0 Å². The summed E-state index contributed by atoms with van der Waals surface area (Å²) in [4.78, 5) is 25.9. The van der Waals surface area contributed by atoms with Crippen LogP contribution >= 0.6 is 11.8 Å². The van der Waals surface area contributed by atoms with Crippen LogP contribution in [0.15, 0.2) is 65.7 Å². The Morgan fingerprint density at radius 3 is 2.09 bits per heavy atom. The minimum Gasteiger partial charge on any atom is -0.339 e. The molecule has 1 amide bonds. The van der Waals surface area contributed by atoms with Crippen LogP contribution in [0.4, 0.5) is 0 Å². The topological polar surface area (TPSA) is 73.1 Å². The van der Waals surface area contributed by atoms with Crippen molar-refractivity contribution >= 4 is 17.7 Å². The number of piperazine rings is 1. The van der Waals surface area contributed by atoms with E-state index in [4.69, 9.17) is 0 Å². The molecule has 7 heteroatoms. The molecule has 168 valence electrons. The van der Waals surface area contributed by atoms with Crippen LogP contribution in [0.25, 0.3) is 0 Å². The zero-order chi connectivity index (χ0) is 23.2. The van der Waals surface area contributed by atoms with Gasteiger partial charge < -0.3 is 4.90 Å². The first kappa shape index (κ1) is 23.0. The summed E-state index contributed by atoms with van der Waals surface area (Å²) in [7, 11) is 0. The van der Waals surface area contributed by atoms with Gasteiger partial charge in [0.2, 0.25) is 5.91 Å². The number of carbonyl (C=O) groups is 1. The first-order valence-electron chi connectivity index (χ1n) is 11.1. The quantitative estimate of drug-likeness (QED) is 0.412. The van der Waals surface area contributed by atoms with Gasteiger partial charge in [-0.25, -0.2) is 9.97 Å². The van der Waals surface area contributed by atoms with E-state index in [1.54, 1.807) is 13.8 Å². The van der Waals surface area contributed by atoms with Crippen LogP contribution in [0.5, 0.6) is 0 Å². The molecule has 1 fully saturated rings. The number of rotatable bonds is 6. The van der Waals surface area contributed by atoms with E-state index >= 15 is 0 Å². The normalized spacial score (nSPS) is 14.3. The van der Waals surface area contributed by atoms with Crippen LogP contribution in [-0.4, -0.2) is 57.6 Å².